The van der Waals surface area contributed by atoms with Gasteiger partial charge in [0.2, 0.25) is 0 Å². The Balaban J connectivity index is 0.000000127. The molecule has 0 aliphatic rings. The predicted molar refractivity (Wildman–Crippen MR) is 259 cm³/mol. The molecular weight excluding hydrogens is 1150 g/mol. The molecule has 6 heterocycles. The summed E-state index contributed by atoms with van der Waals surface area (Å²) >= 11 is 0. The van der Waals surface area contributed by atoms with Crippen molar-refractivity contribution in [1.82, 2.24) is 29.9 Å². The normalized spacial score (nSPS) is 11.3. The Hall–Kier alpha value is -6.06. The first-order chi connectivity index (χ1) is 30.0. The molecule has 0 spiro atoms. The molecule has 0 atom stereocenters. The third-order valence-corrected chi connectivity index (χ3v) is 11.1. The molecule has 0 radical (unpaired) electrons. The van der Waals surface area contributed by atoms with Gasteiger partial charge in [0.25, 0.3) is 0 Å². The molecule has 0 fully saturated rings. The van der Waals surface area contributed by atoms with Crippen LogP contribution in [0.25, 0.3) is 87.2 Å². The van der Waals surface area contributed by atoms with Gasteiger partial charge in [0.15, 0.2) is 0 Å². The molecule has 64 heavy (non-hydrogen) atoms. The first-order valence-electron chi connectivity index (χ1n) is 20.9. The fourth-order valence-corrected chi connectivity index (χ4v) is 7.72. The zero-order chi connectivity index (χ0) is 42.8. The molecule has 0 amide bonds. The Bertz CT molecular complexity index is 3180. The monoisotopic (exact) mass is 1190 g/mol. The SMILES string of the molecule is CC(C)(C)c1ccc2[n-]c3ncccc3c2c1.CC(C)(C)c1ccc2[n-]c3ncccc3c2c1.[Pt+2].[Pt+2].[c-]1cccc2ccc3cccnc3c12.[c-]1cccc2ccc3cccnc3c12. The van der Waals surface area contributed by atoms with Crippen LogP contribution in [0.5, 0.6) is 0 Å². The van der Waals surface area contributed by atoms with Crippen LogP contribution in [0.1, 0.15) is 52.7 Å². The van der Waals surface area contributed by atoms with Gasteiger partial charge in [-0.15, -0.1) is 70.1 Å². The zero-order valence-corrected chi connectivity index (χ0v) is 41.0. The molecule has 12 aromatic rings. The van der Waals surface area contributed by atoms with E-state index in [4.69, 9.17) is 0 Å². The zero-order valence-electron chi connectivity index (χ0n) is 36.5. The summed E-state index contributed by atoms with van der Waals surface area (Å²) in [4.78, 5) is 26.4. The summed E-state index contributed by atoms with van der Waals surface area (Å²) in [6.07, 6.45) is 7.23. The van der Waals surface area contributed by atoms with Gasteiger partial charge in [-0.05, 0) is 88.5 Å². The molecule has 0 N–H and O–H groups in total. The van der Waals surface area contributed by atoms with Crippen molar-refractivity contribution in [3.05, 3.63) is 194 Å². The third kappa shape index (κ3) is 9.70. The minimum Gasteiger partial charge on any atom is -0.442 e. The van der Waals surface area contributed by atoms with E-state index in [2.05, 4.69) is 181 Å². The van der Waals surface area contributed by atoms with E-state index >= 15 is 0 Å². The van der Waals surface area contributed by atoms with Gasteiger partial charge < -0.3 is 29.9 Å². The molecule has 0 bridgehead atoms. The number of pyridine rings is 4. The summed E-state index contributed by atoms with van der Waals surface area (Å²) < 4.78 is 0. The quantitative estimate of drug-likeness (QED) is 0.111. The van der Waals surface area contributed by atoms with Crippen molar-refractivity contribution < 1.29 is 42.1 Å². The molecular formula is C56H46N6Pt2. The molecule has 320 valence electrons. The van der Waals surface area contributed by atoms with E-state index in [1.165, 1.54) is 43.4 Å². The Morgan fingerprint density at radius 2 is 0.766 bits per heavy atom. The maximum atomic E-state index is 4.53. The van der Waals surface area contributed by atoms with Gasteiger partial charge >= 0.3 is 42.1 Å². The third-order valence-electron chi connectivity index (χ3n) is 11.1. The minimum atomic E-state index is 0. The van der Waals surface area contributed by atoms with Gasteiger partial charge in [0.05, 0.1) is 0 Å². The second-order valence-corrected chi connectivity index (χ2v) is 17.5. The van der Waals surface area contributed by atoms with Crippen LogP contribution in [-0.2, 0) is 53.0 Å². The first kappa shape index (κ1) is 45.9. The smallest absolute Gasteiger partial charge is 0.442 e. The number of hydrogen-bond donors (Lipinski definition) is 0. The first-order valence-corrected chi connectivity index (χ1v) is 20.9. The van der Waals surface area contributed by atoms with Gasteiger partial charge in [-0.3, -0.25) is 0 Å². The molecule has 12 rings (SSSR count). The summed E-state index contributed by atoms with van der Waals surface area (Å²) in [6.45, 7) is 13.4. The summed E-state index contributed by atoms with van der Waals surface area (Å²) in [5.74, 6) is 0. The molecule has 0 aliphatic heterocycles. The molecule has 8 heteroatoms. The molecule has 0 aliphatic carbocycles. The topological polar surface area (TPSA) is 79.8 Å². The van der Waals surface area contributed by atoms with Crippen molar-refractivity contribution in [2.24, 2.45) is 0 Å². The van der Waals surface area contributed by atoms with E-state index in [1.54, 1.807) is 12.4 Å². The molecule has 0 saturated carbocycles. The van der Waals surface area contributed by atoms with Crippen LogP contribution >= 0.6 is 0 Å². The number of rotatable bonds is 0. The Morgan fingerprint density at radius 1 is 0.391 bits per heavy atom. The Morgan fingerprint density at radius 3 is 1.19 bits per heavy atom. The second-order valence-electron chi connectivity index (χ2n) is 17.5. The van der Waals surface area contributed by atoms with Crippen molar-refractivity contribution in [2.45, 2.75) is 52.4 Å². The van der Waals surface area contributed by atoms with Crippen LogP contribution < -0.4 is 9.97 Å². The second kappa shape index (κ2) is 19.4. The van der Waals surface area contributed by atoms with Gasteiger partial charge in [0.1, 0.15) is 0 Å². The van der Waals surface area contributed by atoms with Gasteiger partial charge in [-0.2, -0.15) is 0 Å². The van der Waals surface area contributed by atoms with Crippen molar-refractivity contribution >= 4 is 87.2 Å². The van der Waals surface area contributed by atoms with Crippen LogP contribution in [0.4, 0.5) is 0 Å². The van der Waals surface area contributed by atoms with Gasteiger partial charge in [0, 0.05) is 12.4 Å². The van der Waals surface area contributed by atoms with Gasteiger partial charge in [-0.25, -0.2) is 0 Å². The molecule has 6 aromatic heterocycles. The minimum absolute atomic E-state index is 0. The fraction of sp³-hybridized carbons (Fsp3) is 0.143. The Kier molecular flexibility index (Phi) is 13.9. The standard InChI is InChI=1S/2C15H15N2.2C13H8N.2Pt/c2*1-15(2,3)10-6-7-13-12(9-10)11-5-4-8-16-14(11)17-13;2*1-2-6-12-10(4-1)7-8-11-5-3-9-14-13(11)12;;/h2*4-9H,1-3H3;2*1-5,7-9H;;/q4*-1;2*+2. The average Bonchev–Trinajstić information content (AvgIpc) is 3.87. The number of nitrogens with zero attached hydrogens (tertiary/aromatic N) is 6. The predicted octanol–water partition coefficient (Wildman–Crippen LogP) is 13.7. The largest absolute Gasteiger partial charge is 2.00 e. The van der Waals surface area contributed by atoms with Crippen molar-refractivity contribution in [1.29, 1.82) is 0 Å². The van der Waals surface area contributed by atoms with E-state index in [0.717, 1.165) is 54.9 Å². The number of hydrogen-bond acceptors (Lipinski definition) is 4. The number of benzene rings is 6. The van der Waals surface area contributed by atoms with E-state index in [0.29, 0.717) is 0 Å². The van der Waals surface area contributed by atoms with Crippen molar-refractivity contribution in [3.8, 4) is 0 Å². The van der Waals surface area contributed by atoms with Crippen LogP contribution in [0, 0.1) is 12.1 Å². The molecule has 6 nitrogen and oxygen atoms in total. The average molecular weight is 1190 g/mol. The van der Waals surface area contributed by atoms with E-state index in [1.807, 2.05) is 60.9 Å². The Labute approximate surface area is 402 Å². The van der Waals surface area contributed by atoms with Crippen LogP contribution in [0.2, 0.25) is 0 Å². The van der Waals surface area contributed by atoms with Crippen LogP contribution in [-0.4, -0.2) is 19.9 Å². The molecule has 0 saturated heterocycles. The van der Waals surface area contributed by atoms with E-state index in [9.17, 15) is 0 Å². The van der Waals surface area contributed by atoms with E-state index in [-0.39, 0.29) is 53.0 Å². The summed E-state index contributed by atoms with van der Waals surface area (Å²) in [6, 6.07) is 56.0. The van der Waals surface area contributed by atoms with Gasteiger partial charge in [-0.1, -0.05) is 162 Å². The maximum absolute atomic E-state index is 4.53. The number of aromatic nitrogens is 6. The fourth-order valence-electron chi connectivity index (χ4n) is 7.72. The molecule has 0 unspecified atom stereocenters. The molecule has 6 aromatic carbocycles. The van der Waals surface area contributed by atoms with E-state index < -0.39 is 0 Å². The summed E-state index contributed by atoms with van der Waals surface area (Å²) in [5.41, 5.74) is 8.82. The van der Waals surface area contributed by atoms with Crippen molar-refractivity contribution in [3.63, 3.8) is 0 Å². The summed E-state index contributed by atoms with van der Waals surface area (Å²) in [5, 5.41) is 11.6. The number of fused-ring (bicyclic) bond motifs is 12. The van der Waals surface area contributed by atoms with Crippen LogP contribution in [0.15, 0.2) is 170 Å². The maximum Gasteiger partial charge on any atom is 2.00 e. The van der Waals surface area contributed by atoms with Crippen molar-refractivity contribution in [2.75, 3.05) is 0 Å². The van der Waals surface area contributed by atoms with Crippen LogP contribution in [0.3, 0.4) is 0 Å². The summed E-state index contributed by atoms with van der Waals surface area (Å²) in [7, 11) is 0.